The standard InChI is InChI=1S/C25H22N6O4/c1-15-27-22-20(24(32)30(15)12-13-34-2)21-23(29-19-7-5-4-6-18(19)28-21)31(22)26-14-16-8-10-17(11-9-16)25(33)35-3/h4-11,14H,12-13H2,1-3H3. The maximum atomic E-state index is 13.5. The summed E-state index contributed by atoms with van der Waals surface area (Å²) >= 11 is 0. The summed E-state index contributed by atoms with van der Waals surface area (Å²) in [5, 5.41) is 4.95. The Balaban J connectivity index is 1.73. The lowest BCUT2D eigenvalue weighted by molar-refractivity contribution is 0.0600. The summed E-state index contributed by atoms with van der Waals surface area (Å²) in [7, 11) is 2.92. The molecule has 0 aliphatic rings. The molecule has 0 unspecified atom stereocenters. The summed E-state index contributed by atoms with van der Waals surface area (Å²) in [6.45, 7) is 2.51. The number of methoxy groups -OCH3 is 2. The number of para-hydroxylation sites is 2. The van der Waals surface area contributed by atoms with Crippen LogP contribution in [0.2, 0.25) is 0 Å². The summed E-state index contributed by atoms with van der Waals surface area (Å²) in [6.07, 6.45) is 1.62. The molecule has 5 aromatic rings. The van der Waals surface area contributed by atoms with Gasteiger partial charge in [0, 0.05) is 7.11 Å². The van der Waals surface area contributed by atoms with Crippen molar-refractivity contribution < 1.29 is 14.3 Å². The van der Waals surface area contributed by atoms with Crippen LogP contribution in [0.1, 0.15) is 21.7 Å². The third kappa shape index (κ3) is 3.93. The average Bonchev–Trinajstić information content (AvgIpc) is 3.17. The van der Waals surface area contributed by atoms with Crippen molar-refractivity contribution >= 4 is 45.4 Å². The van der Waals surface area contributed by atoms with E-state index >= 15 is 0 Å². The first kappa shape index (κ1) is 22.4. The maximum absolute atomic E-state index is 13.5. The summed E-state index contributed by atoms with van der Waals surface area (Å²) in [5.74, 6) is 0.119. The summed E-state index contributed by atoms with van der Waals surface area (Å²) in [6, 6.07) is 14.3. The number of aromatic nitrogens is 5. The van der Waals surface area contributed by atoms with Gasteiger partial charge in [0.1, 0.15) is 16.7 Å². The second-order valence-corrected chi connectivity index (χ2v) is 7.86. The number of aryl methyl sites for hydroxylation is 1. The van der Waals surface area contributed by atoms with E-state index in [9.17, 15) is 9.59 Å². The fourth-order valence-electron chi connectivity index (χ4n) is 3.92. The van der Waals surface area contributed by atoms with Crippen molar-refractivity contribution in [2.45, 2.75) is 13.5 Å². The first-order valence-corrected chi connectivity index (χ1v) is 10.9. The van der Waals surface area contributed by atoms with Crippen LogP contribution in [0, 0.1) is 6.92 Å². The molecule has 0 aliphatic heterocycles. The molecule has 5 rings (SSSR count). The molecule has 3 heterocycles. The van der Waals surface area contributed by atoms with Crippen molar-refractivity contribution in [1.29, 1.82) is 0 Å². The summed E-state index contributed by atoms with van der Waals surface area (Å²) in [5.41, 5.74) is 3.53. The van der Waals surface area contributed by atoms with E-state index in [2.05, 4.69) is 5.10 Å². The number of nitrogens with zero attached hydrogens (tertiary/aromatic N) is 6. The first-order chi connectivity index (χ1) is 17.0. The molecule has 0 fully saturated rings. The van der Waals surface area contributed by atoms with Crippen LogP contribution in [-0.4, -0.2) is 57.2 Å². The van der Waals surface area contributed by atoms with Crippen molar-refractivity contribution in [3.8, 4) is 0 Å². The van der Waals surface area contributed by atoms with Crippen LogP contribution in [-0.2, 0) is 16.0 Å². The number of esters is 1. The molecule has 0 atom stereocenters. The van der Waals surface area contributed by atoms with E-state index in [1.54, 1.807) is 49.1 Å². The third-order valence-electron chi connectivity index (χ3n) is 5.70. The van der Waals surface area contributed by atoms with Gasteiger partial charge < -0.3 is 9.47 Å². The van der Waals surface area contributed by atoms with Gasteiger partial charge in [-0.3, -0.25) is 9.36 Å². The van der Waals surface area contributed by atoms with E-state index in [0.29, 0.717) is 57.8 Å². The van der Waals surface area contributed by atoms with Crippen LogP contribution in [0.15, 0.2) is 58.4 Å². The van der Waals surface area contributed by atoms with Crippen molar-refractivity contribution in [1.82, 2.24) is 24.2 Å². The Morgan fingerprint density at radius 1 is 1.00 bits per heavy atom. The number of benzene rings is 2. The van der Waals surface area contributed by atoms with Crippen molar-refractivity contribution in [3.63, 3.8) is 0 Å². The number of carbonyl (C=O) groups excluding carboxylic acids is 1. The summed E-state index contributed by atoms with van der Waals surface area (Å²) in [4.78, 5) is 39.4. The maximum Gasteiger partial charge on any atom is 0.337 e. The zero-order valence-corrected chi connectivity index (χ0v) is 19.4. The van der Waals surface area contributed by atoms with Crippen LogP contribution in [0.4, 0.5) is 0 Å². The minimum absolute atomic E-state index is 0.226. The first-order valence-electron chi connectivity index (χ1n) is 10.9. The molecule has 3 aromatic heterocycles. The molecule has 0 amide bonds. The minimum Gasteiger partial charge on any atom is -0.465 e. The highest BCUT2D eigenvalue weighted by Crippen LogP contribution is 2.25. The molecule has 0 saturated carbocycles. The zero-order chi connectivity index (χ0) is 24.5. The third-order valence-corrected chi connectivity index (χ3v) is 5.70. The quantitative estimate of drug-likeness (QED) is 0.277. The number of rotatable bonds is 6. The molecule has 0 bridgehead atoms. The van der Waals surface area contributed by atoms with Crippen LogP contribution < -0.4 is 5.56 Å². The van der Waals surface area contributed by atoms with Gasteiger partial charge in [-0.05, 0) is 36.8 Å². The van der Waals surface area contributed by atoms with Crippen molar-refractivity contribution in [2.24, 2.45) is 5.10 Å². The Morgan fingerprint density at radius 3 is 2.40 bits per heavy atom. The molecule has 2 aromatic carbocycles. The van der Waals surface area contributed by atoms with Gasteiger partial charge in [0.05, 0.1) is 43.1 Å². The van der Waals surface area contributed by atoms with Gasteiger partial charge in [-0.15, -0.1) is 0 Å². The highest BCUT2D eigenvalue weighted by molar-refractivity contribution is 6.05. The molecule has 0 aliphatic carbocycles. The van der Waals surface area contributed by atoms with Gasteiger partial charge in [-0.1, -0.05) is 24.3 Å². The van der Waals surface area contributed by atoms with Gasteiger partial charge in [0.15, 0.2) is 11.3 Å². The highest BCUT2D eigenvalue weighted by Gasteiger charge is 2.21. The second-order valence-electron chi connectivity index (χ2n) is 7.86. The number of fused-ring (bicyclic) bond motifs is 4. The van der Waals surface area contributed by atoms with E-state index in [1.807, 2.05) is 24.3 Å². The van der Waals surface area contributed by atoms with Gasteiger partial charge >= 0.3 is 5.97 Å². The number of hydrogen-bond acceptors (Lipinski definition) is 8. The Kier molecular flexibility index (Phi) is 5.79. The molecule has 0 spiro atoms. The molecule has 35 heavy (non-hydrogen) atoms. The van der Waals surface area contributed by atoms with Crippen LogP contribution in [0.25, 0.3) is 33.2 Å². The molecular weight excluding hydrogens is 448 g/mol. The molecule has 176 valence electrons. The second kappa shape index (κ2) is 9.07. The van der Waals surface area contributed by atoms with Crippen LogP contribution in [0.5, 0.6) is 0 Å². The molecule has 0 N–H and O–H groups in total. The SMILES string of the molecule is COCCn1c(C)nc2c(c1=O)c1nc3ccccc3nc1n2N=Cc1ccc(C(=O)OC)cc1. The van der Waals surface area contributed by atoms with E-state index in [4.69, 9.17) is 24.4 Å². The van der Waals surface area contributed by atoms with Crippen molar-refractivity contribution in [3.05, 3.63) is 75.8 Å². The molecule has 10 heteroatoms. The molecule has 10 nitrogen and oxygen atoms in total. The Hall–Kier alpha value is -4.44. The van der Waals surface area contributed by atoms with Gasteiger partial charge in [0.25, 0.3) is 5.56 Å². The van der Waals surface area contributed by atoms with Gasteiger partial charge in [0.2, 0.25) is 0 Å². The Morgan fingerprint density at radius 2 is 1.71 bits per heavy atom. The number of hydrogen-bond donors (Lipinski definition) is 0. The largest absolute Gasteiger partial charge is 0.465 e. The zero-order valence-electron chi connectivity index (χ0n) is 19.4. The molecule has 0 radical (unpaired) electrons. The number of carbonyl (C=O) groups is 1. The fourth-order valence-corrected chi connectivity index (χ4v) is 3.92. The van der Waals surface area contributed by atoms with Crippen LogP contribution in [0.3, 0.4) is 0 Å². The predicted molar refractivity (Wildman–Crippen MR) is 132 cm³/mol. The highest BCUT2D eigenvalue weighted by atomic mass is 16.5. The molecule has 0 saturated heterocycles. The normalized spacial score (nSPS) is 11.7. The predicted octanol–water partition coefficient (Wildman–Crippen LogP) is 2.92. The minimum atomic E-state index is -0.414. The van der Waals surface area contributed by atoms with Crippen molar-refractivity contribution in [2.75, 3.05) is 20.8 Å². The lowest BCUT2D eigenvalue weighted by Crippen LogP contribution is -2.25. The van der Waals surface area contributed by atoms with Gasteiger partial charge in [-0.25, -0.2) is 19.7 Å². The lowest BCUT2D eigenvalue weighted by Gasteiger charge is -2.08. The Bertz CT molecular complexity index is 1670. The monoisotopic (exact) mass is 470 g/mol. The smallest absolute Gasteiger partial charge is 0.337 e. The van der Waals surface area contributed by atoms with Gasteiger partial charge in [-0.2, -0.15) is 9.78 Å². The summed E-state index contributed by atoms with van der Waals surface area (Å²) < 4.78 is 13.0. The van der Waals surface area contributed by atoms with Crippen LogP contribution >= 0.6 is 0 Å². The lowest BCUT2D eigenvalue weighted by atomic mass is 10.1. The fraction of sp³-hybridized carbons (Fsp3) is 0.200. The van der Waals surface area contributed by atoms with E-state index in [-0.39, 0.29) is 5.56 Å². The number of ether oxygens (including phenoxy) is 2. The average molecular weight is 470 g/mol. The Labute approximate surface area is 199 Å². The van der Waals surface area contributed by atoms with E-state index in [1.165, 1.54) is 11.8 Å². The van der Waals surface area contributed by atoms with E-state index in [0.717, 1.165) is 5.56 Å². The molecular formula is C25H22N6O4. The topological polar surface area (TPSA) is 113 Å². The van der Waals surface area contributed by atoms with E-state index < -0.39 is 5.97 Å².